The highest BCUT2D eigenvalue weighted by molar-refractivity contribution is 5.90. The number of nitrogens with one attached hydrogen (secondary N) is 1. The molecule has 142 valence electrons. The van der Waals surface area contributed by atoms with Gasteiger partial charge in [-0.25, -0.2) is 4.98 Å². The third-order valence-electron chi connectivity index (χ3n) is 6.14. The van der Waals surface area contributed by atoms with Crippen LogP contribution in [0, 0.1) is 5.92 Å². The fraction of sp³-hybridized carbons (Fsp3) is 0.778. The number of aromatic amines is 1. The number of piperazine rings is 1. The van der Waals surface area contributed by atoms with E-state index in [1.807, 2.05) is 4.90 Å². The summed E-state index contributed by atoms with van der Waals surface area (Å²) >= 11 is 0. The van der Waals surface area contributed by atoms with E-state index in [0.29, 0.717) is 32.2 Å². The first-order valence-electron chi connectivity index (χ1n) is 9.90. The quantitative estimate of drug-likeness (QED) is 0.859. The first-order chi connectivity index (χ1) is 12.7. The monoisotopic (exact) mass is 360 g/mol. The van der Waals surface area contributed by atoms with Crippen molar-refractivity contribution in [3.05, 3.63) is 12.2 Å². The lowest BCUT2D eigenvalue weighted by atomic mass is 9.94. The zero-order valence-corrected chi connectivity index (χ0v) is 15.3. The zero-order chi connectivity index (χ0) is 17.9. The summed E-state index contributed by atoms with van der Waals surface area (Å²) in [7, 11) is 0. The second kappa shape index (κ2) is 7.73. The van der Waals surface area contributed by atoms with Crippen LogP contribution in [-0.2, 0) is 4.79 Å². The van der Waals surface area contributed by atoms with Crippen molar-refractivity contribution in [1.82, 2.24) is 29.9 Å². The molecule has 1 aromatic rings. The summed E-state index contributed by atoms with van der Waals surface area (Å²) in [4.78, 5) is 35.5. The van der Waals surface area contributed by atoms with Crippen LogP contribution < -0.4 is 0 Å². The lowest BCUT2D eigenvalue weighted by Gasteiger charge is -2.40. The Hall–Kier alpha value is -1.96. The van der Waals surface area contributed by atoms with Crippen molar-refractivity contribution in [2.24, 2.45) is 5.92 Å². The minimum Gasteiger partial charge on any atom is -0.339 e. The predicted molar refractivity (Wildman–Crippen MR) is 95.4 cm³/mol. The summed E-state index contributed by atoms with van der Waals surface area (Å²) in [5.74, 6) is 0.532. The molecule has 1 N–H and O–H groups in total. The Bertz CT molecular complexity index is 620. The second-order valence-electron chi connectivity index (χ2n) is 7.72. The Morgan fingerprint density at radius 1 is 0.962 bits per heavy atom. The van der Waals surface area contributed by atoms with Gasteiger partial charge in [0.1, 0.15) is 6.33 Å². The number of amides is 2. The zero-order valence-electron chi connectivity index (χ0n) is 15.3. The molecular formula is C18H28N6O2. The minimum atomic E-state index is -0.139. The van der Waals surface area contributed by atoms with Gasteiger partial charge in [-0.3, -0.25) is 19.6 Å². The van der Waals surface area contributed by atoms with Gasteiger partial charge in [0, 0.05) is 38.8 Å². The Morgan fingerprint density at radius 2 is 1.69 bits per heavy atom. The number of rotatable bonds is 3. The molecule has 1 atom stereocenters. The summed E-state index contributed by atoms with van der Waals surface area (Å²) < 4.78 is 0. The largest absolute Gasteiger partial charge is 0.339 e. The van der Waals surface area contributed by atoms with Crippen molar-refractivity contribution in [3.63, 3.8) is 0 Å². The Morgan fingerprint density at radius 3 is 2.38 bits per heavy atom. The van der Waals surface area contributed by atoms with Gasteiger partial charge in [0.25, 0.3) is 5.91 Å². The van der Waals surface area contributed by atoms with Crippen LogP contribution in [0.15, 0.2) is 6.33 Å². The molecule has 2 saturated heterocycles. The van der Waals surface area contributed by atoms with Crippen LogP contribution >= 0.6 is 0 Å². The van der Waals surface area contributed by atoms with Gasteiger partial charge in [-0.05, 0) is 32.2 Å². The minimum absolute atomic E-state index is 0.126. The van der Waals surface area contributed by atoms with Crippen LogP contribution in [0.25, 0.3) is 0 Å². The molecule has 8 nitrogen and oxygen atoms in total. The van der Waals surface area contributed by atoms with Crippen molar-refractivity contribution in [1.29, 1.82) is 0 Å². The second-order valence-corrected chi connectivity index (χ2v) is 7.72. The Labute approximate surface area is 153 Å². The molecule has 1 saturated carbocycles. The van der Waals surface area contributed by atoms with Gasteiger partial charge >= 0.3 is 0 Å². The summed E-state index contributed by atoms with van der Waals surface area (Å²) in [5, 5.41) is 6.34. The van der Waals surface area contributed by atoms with Gasteiger partial charge in [0.2, 0.25) is 11.7 Å². The standard InChI is InChI=1S/C18H28N6O2/c25-17(14-4-3-7-24(12-14)15-5-1-2-6-15)22-8-10-23(11-9-22)18(26)16-19-13-20-21-16/h13-15H,1-12H2,(H,19,20,21)/t14-/m0/s1. The van der Waals surface area contributed by atoms with E-state index in [9.17, 15) is 9.59 Å². The molecule has 0 unspecified atom stereocenters. The first kappa shape index (κ1) is 17.5. The van der Waals surface area contributed by atoms with Crippen LogP contribution in [0.3, 0.4) is 0 Å². The molecule has 1 aliphatic carbocycles. The topological polar surface area (TPSA) is 85.4 Å². The van der Waals surface area contributed by atoms with E-state index in [4.69, 9.17) is 0 Å². The highest BCUT2D eigenvalue weighted by Gasteiger charge is 2.34. The Balaban J connectivity index is 1.29. The van der Waals surface area contributed by atoms with Crippen LogP contribution in [-0.4, -0.2) is 87.0 Å². The summed E-state index contributed by atoms with van der Waals surface area (Å²) in [6, 6.07) is 0.696. The van der Waals surface area contributed by atoms with Crippen molar-refractivity contribution < 1.29 is 9.59 Å². The number of carbonyl (C=O) groups is 2. The summed E-state index contributed by atoms with van der Waals surface area (Å²) in [6.45, 7) is 4.40. The fourth-order valence-corrected chi connectivity index (χ4v) is 4.66. The van der Waals surface area contributed by atoms with Crippen molar-refractivity contribution >= 4 is 11.8 Å². The average molecular weight is 360 g/mol. The molecule has 8 heteroatoms. The molecular weight excluding hydrogens is 332 g/mol. The molecule has 3 aliphatic rings. The molecule has 2 amide bonds. The predicted octanol–water partition coefficient (Wildman–Crippen LogP) is 0.744. The van der Waals surface area contributed by atoms with Crippen LogP contribution in [0.1, 0.15) is 49.1 Å². The van der Waals surface area contributed by atoms with Gasteiger partial charge in [-0.1, -0.05) is 12.8 Å². The van der Waals surface area contributed by atoms with E-state index in [1.165, 1.54) is 32.0 Å². The maximum absolute atomic E-state index is 13.0. The van der Waals surface area contributed by atoms with Gasteiger partial charge in [-0.15, -0.1) is 0 Å². The number of likely N-dealkylation sites (tertiary alicyclic amines) is 1. The van der Waals surface area contributed by atoms with Crippen molar-refractivity contribution in [3.8, 4) is 0 Å². The fourth-order valence-electron chi connectivity index (χ4n) is 4.66. The number of aromatic nitrogens is 3. The number of hydrogen-bond donors (Lipinski definition) is 1. The molecule has 26 heavy (non-hydrogen) atoms. The molecule has 3 heterocycles. The van der Waals surface area contributed by atoms with Crippen LogP contribution in [0.5, 0.6) is 0 Å². The molecule has 0 bridgehead atoms. The molecule has 2 aliphatic heterocycles. The van der Waals surface area contributed by atoms with E-state index >= 15 is 0 Å². The van der Waals surface area contributed by atoms with E-state index in [-0.39, 0.29) is 23.6 Å². The van der Waals surface area contributed by atoms with E-state index < -0.39 is 0 Å². The Kier molecular flexibility index (Phi) is 5.19. The van der Waals surface area contributed by atoms with Crippen LogP contribution in [0.2, 0.25) is 0 Å². The van der Waals surface area contributed by atoms with Crippen molar-refractivity contribution in [2.45, 2.75) is 44.6 Å². The third-order valence-corrected chi connectivity index (χ3v) is 6.14. The lowest BCUT2D eigenvalue weighted by molar-refractivity contribution is -0.139. The highest BCUT2D eigenvalue weighted by Crippen LogP contribution is 2.28. The number of H-pyrrole nitrogens is 1. The smallest absolute Gasteiger partial charge is 0.291 e. The maximum atomic E-state index is 13.0. The van der Waals surface area contributed by atoms with E-state index in [2.05, 4.69) is 20.1 Å². The number of nitrogens with zero attached hydrogens (tertiary/aromatic N) is 5. The molecule has 0 radical (unpaired) electrons. The SMILES string of the molecule is O=C(c1ncn[nH]1)N1CCN(C(=O)[C@H]2CCCN(C3CCCC3)C2)CC1. The normalized spacial score (nSPS) is 25.6. The maximum Gasteiger partial charge on any atom is 0.291 e. The average Bonchev–Trinajstić information content (AvgIpc) is 3.41. The molecule has 3 fully saturated rings. The molecule has 0 spiro atoms. The van der Waals surface area contributed by atoms with Gasteiger partial charge in [-0.2, -0.15) is 5.10 Å². The molecule has 0 aromatic carbocycles. The first-order valence-corrected chi connectivity index (χ1v) is 9.90. The van der Waals surface area contributed by atoms with E-state index in [0.717, 1.165) is 25.9 Å². The summed E-state index contributed by atoms with van der Waals surface area (Å²) in [6.07, 6.45) is 8.72. The van der Waals surface area contributed by atoms with Crippen LogP contribution in [0.4, 0.5) is 0 Å². The molecule has 1 aromatic heterocycles. The lowest BCUT2D eigenvalue weighted by Crippen LogP contribution is -2.54. The molecule has 4 rings (SSSR count). The number of piperidine rings is 1. The number of hydrogen-bond acceptors (Lipinski definition) is 5. The van der Waals surface area contributed by atoms with Gasteiger partial charge in [0.15, 0.2) is 0 Å². The van der Waals surface area contributed by atoms with Gasteiger partial charge < -0.3 is 9.80 Å². The van der Waals surface area contributed by atoms with Crippen molar-refractivity contribution in [2.75, 3.05) is 39.3 Å². The summed E-state index contributed by atoms with van der Waals surface area (Å²) in [5.41, 5.74) is 0. The van der Waals surface area contributed by atoms with E-state index in [1.54, 1.807) is 4.90 Å². The third kappa shape index (κ3) is 3.60. The van der Waals surface area contributed by atoms with Gasteiger partial charge in [0.05, 0.1) is 5.92 Å². The number of carbonyl (C=O) groups excluding carboxylic acids is 2. The highest BCUT2D eigenvalue weighted by atomic mass is 16.2.